The number of amides is 1. The number of thioether (sulfide) groups is 1. The molecule has 1 aliphatic heterocycles. The number of hydrogen-bond acceptors (Lipinski definition) is 5. The quantitative estimate of drug-likeness (QED) is 0.616. The molecule has 0 unspecified atom stereocenters. The van der Waals surface area contributed by atoms with E-state index in [1.807, 2.05) is 35.2 Å². The van der Waals surface area contributed by atoms with Crippen molar-refractivity contribution in [3.05, 3.63) is 60.4 Å². The molecule has 0 atom stereocenters. The minimum Gasteiger partial charge on any atom is -0.342 e. The van der Waals surface area contributed by atoms with E-state index in [0.717, 1.165) is 42.5 Å². The van der Waals surface area contributed by atoms with Crippen molar-refractivity contribution >= 4 is 17.7 Å². The second-order valence-corrected chi connectivity index (χ2v) is 7.43. The summed E-state index contributed by atoms with van der Waals surface area (Å²) >= 11 is 1.46. The molecular formula is C20H21N5OS. The first-order valence-electron chi connectivity index (χ1n) is 9.09. The second kappa shape index (κ2) is 8.35. The molecule has 1 fully saturated rings. The van der Waals surface area contributed by atoms with Gasteiger partial charge in [-0.15, -0.1) is 10.2 Å². The lowest BCUT2D eigenvalue weighted by Gasteiger charge is -2.15. The van der Waals surface area contributed by atoms with E-state index >= 15 is 0 Å². The van der Waals surface area contributed by atoms with Crippen LogP contribution in [0.1, 0.15) is 18.4 Å². The van der Waals surface area contributed by atoms with E-state index in [2.05, 4.69) is 31.9 Å². The van der Waals surface area contributed by atoms with E-state index in [0.29, 0.717) is 12.3 Å². The van der Waals surface area contributed by atoms with Crippen LogP contribution in [0.15, 0.2) is 60.0 Å². The van der Waals surface area contributed by atoms with Gasteiger partial charge < -0.3 is 4.90 Å². The summed E-state index contributed by atoms with van der Waals surface area (Å²) in [7, 11) is 0. The first-order valence-corrected chi connectivity index (χ1v) is 10.1. The molecule has 1 aromatic carbocycles. The molecule has 4 rings (SSSR count). The van der Waals surface area contributed by atoms with Crippen molar-refractivity contribution in [1.82, 2.24) is 24.6 Å². The molecule has 0 saturated carbocycles. The molecule has 7 heteroatoms. The number of likely N-dealkylation sites (tertiary alicyclic amines) is 1. The first-order chi connectivity index (χ1) is 13.3. The number of carbonyl (C=O) groups excluding carboxylic acids is 1. The van der Waals surface area contributed by atoms with E-state index in [4.69, 9.17) is 0 Å². The maximum absolute atomic E-state index is 12.4. The van der Waals surface area contributed by atoms with Crippen molar-refractivity contribution in [3.63, 3.8) is 0 Å². The van der Waals surface area contributed by atoms with Gasteiger partial charge in [-0.25, -0.2) is 0 Å². The molecule has 3 heterocycles. The van der Waals surface area contributed by atoms with Gasteiger partial charge in [0.2, 0.25) is 5.91 Å². The van der Waals surface area contributed by atoms with Crippen LogP contribution in [0.25, 0.3) is 11.4 Å². The largest absolute Gasteiger partial charge is 0.342 e. The van der Waals surface area contributed by atoms with Crippen molar-refractivity contribution in [3.8, 4) is 11.4 Å². The second-order valence-electron chi connectivity index (χ2n) is 6.49. The fourth-order valence-electron chi connectivity index (χ4n) is 3.20. The van der Waals surface area contributed by atoms with Gasteiger partial charge >= 0.3 is 0 Å². The van der Waals surface area contributed by atoms with Crippen molar-refractivity contribution in [2.75, 3.05) is 18.8 Å². The highest BCUT2D eigenvalue weighted by molar-refractivity contribution is 7.99. The van der Waals surface area contributed by atoms with Crippen LogP contribution in [0, 0.1) is 0 Å². The minimum atomic E-state index is 0.178. The summed E-state index contributed by atoms with van der Waals surface area (Å²) in [4.78, 5) is 18.4. The zero-order valence-corrected chi connectivity index (χ0v) is 15.8. The van der Waals surface area contributed by atoms with E-state index in [-0.39, 0.29) is 5.91 Å². The lowest BCUT2D eigenvalue weighted by Crippen LogP contribution is -2.29. The van der Waals surface area contributed by atoms with Crippen LogP contribution < -0.4 is 0 Å². The van der Waals surface area contributed by atoms with Gasteiger partial charge in [-0.05, 0) is 30.5 Å². The topological polar surface area (TPSA) is 63.9 Å². The summed E-state index contributed by atoms with van der Waals surface area (Å²) in [5.41, 5.74) is 2.13. The fraction of sp³-hybridized carbons (Fsp3) is 0.300. The minimum absolute atomic E-state index is 0.178. The summed E-state index contributed by atoms with van der Waals surface area (Å²) in [6.45, 7) is 2.41. The van der Waals surface area contributed by atoms with Crippen LogP contribution in [-0.2, 0) is 11.3 Å². The van der Waals surface area contributed by atoms with Crippen LogP contribution in [0.3, 0.4) is 0 Å². The monoisotopic (exact) mass is 379 g/mol. The van der Waals surface area contributed by atoms with Crippen molar-refractivity contribution < 1.29 is 4.79 Å². The Labute approximate surface area is 162 Å². The van der Waals surface area contributed by atoms with Crippen LogP contribution in [0.4, 0.5) is 0 Å². The van der Waals surface area contributed by atoms with Crippen LogP contribution in [-0.4, -0.2) is 49.4 Å². The number of hydrogen-bond donors (Lipinski definition) is 0. The van der Waals surface area contributed by atoms with Gasteiger partial charge in [-0.3, -0.25) is 14.3 Å². The van der Waals surface area contributed by atoms with E-state index in [1.54, 1.807) is 12.4 Å². The van der Waals surface area contributed by atoms with E-state index in [9.17, 15) is 4.79 Å². The Morgan fingerprint density at radius 3 is 2.48 bits per heavy atom. The molecule has 2 aromatic heterocycles. The number of carbonyl (C=O) groups is 1. The van der Waals surface area contributed by atoms with Gasteiger partial charge in [0.05, 0.1) is 12.3 Å². The Kier molecular flexibility index (Phi) is 5.48. The Hall–Kier alpha value is -2.67. The van der Waals surface area contributed by atoms with E-state index in [1.165, 1.54) is 17.3 Å². The molecule has 0 spiro atoms. The zero-order chi connectivity index (χ0) is 18.5. The molecule has 1 aliphatic rings. The van der Waals surface area contributed by atoms with Gasteiger partial charge in [0.1, 0.15) is 0 Å². The molecule has 0 bridgehead atoms. The third-order valence-electron chi connectivity index (χ3n) is 4.62. The summed E-state index contributed by atoms with van der Waals surface area (Å²) in [6, 6.07) is 14.1. The highest BCUT2D eigenvalue weighted by Crippen LogP contribution is 2.25. The van der Waals surface area contributed by atoms with Crippen molar-refractivity contribution in [2.45, 2.75) is 24.5 Å². The standard InChI is InChI=1S/C20H21N5OS/c26-18(24-12-4-5-13-24)15-27-20-23-22-19(17-8-10-21-11-9-17)25(20)14-16-6-2-1-3-7-16/h1-3,6-11H,4-5,12-15H2. The van der Waals surface area contributed by atoms with Gasteiger partial charge in [-0.1, -0.05) is 42.1 Å². The Morgan fingerprint density at radius 1 is 1.00 bits per heavy atom. The average Bonchev–Trinajstić information content (AvgIpc) is 3.38. The first kappa shape index (κ1) is 17.7. The highest BCUT2D eigenvalue weighted by atomic mass is 32.2. The van der Waals surface area contributed by atoms with E-state index < -0.39 is 0 Å². The molecule has 138 valence electrons. The normalized spacial score (nSPS) is 13.9. The summed E-state index contributed by atoms with van der Waals surface area (Å²) in [5.74, 6) is 1.36. The van der Waals surface area contributed by atoms with Crippen LogP contribution in [0.2, 0.25) is 0 Å². The van der Waals surface area contributed by atoms with Crippen molar-refractivity contribution in [2.24, 2.45) is 0 Å². The third kappa shape index (κ3) is 4.19. The number of aromatic nitrogens is 4. The predicted molar refractivity (Wildman–Crippen MR) is 105 cm³/mol. The molecule has 6 nitrogen and oxygen atoms in total. The predicted octanol–water partition coefficient (Wildman–Crippen LogP) is 3.10. The third-order valence-corrected chi connectivity index (χ3v) is 5.57. The summed E-state index contributed by atoms with van der Waals surface area (Å²) in [6.07, 6.45) is 5.71. The maximum Gasteiger partial charge on any atom is 0.233 e. The molecule has 0 radical (unpaired) electrons. The van der Waals surface area contributed by atoms with Gasteiger partial charge in [0.15, 0.2) is 11.0 Å². The molecule has 1 amide bonds. The highest BCUT2D eigenvalue weighted by Gasteiger charge is 2.20. The molecule has 27 heavy (non-hydrogen) atoms. The Bertz CT molecular complexity index is 891. The summed E-state index contributed by atoms with van der Waals surface area (Å²) in [5, 5.41) is 9.53. The van der Waals surface area contributed by atoms with Crippen LogP contribution >= 0.6 is 11.8 Å². The molecule has 0 N–H and O–H groups in total. The Balaban J connectivity index is 1.58. The lowest BCUT2D eigenvalue weighted by atomic mass is 10.2. The number of nitrogens with zero attached hydrogens (tertiary/aromatic N) is 5. The van der Waals surface area contributed by atoms with Gasteiger partial charge in [0.25, 0.3) is 0 Å². The number of rotatable bonds is 6. The SMILES string of the molecule is O=C(CSc1nnc(-c2ccncc2)n1Cc1ccccc1)N1CCCC1. The number of pyridine rings is 1. The molecular weight excluding hydrogens is 358 g/mol. The lowest BCUT2D eigenvalue weighted by molar-refractivity contribution is -0.127. The zero-order valence-electron chi connectivity index (χ0n) is 15.0. The molecule has 3 aromatic rings. The molecule has 1 saturated heterocycles. The number of benzene rings is 1. The average molecular weight is 379 g/mol. The smallest absolute Gasteiger partial charge is 0.233 e. The Morgan fingerprint density at radius 2 is 1.74 bits per heavy atom. The molecule has 0 aliphatic carbocycles. The van der Waals surface area contributed by atoms with Crippen molar-refractivity contribution in [1.29, 1.82) is 0 Å². The maximum atomic E-state index is 12.4. The van der Waals surface area contributed by atoms with Crippen LogP contribution in [0.5, 0.6) is 0 Å². The fourth-order valence-corrected chi connectivity index (χ4v) is 4.04. The summed E-state index contributed by atoms with van der Waals surface area (Å²) < 4.78 is 2.08. The van der Waals surface area contributed by atoms with Gasteiger partial charge in [0, 0.05) is 31.0 Å². The van der Waals surface area contributed by atoms with Gasteiger partial charge in [-0.2, -0.15) is 0 Å².